The van der Waals surface area contributed by atoms with E-state index in [2.05, 4.69) is 32.4 Å². The molecule has 2 aromatic heterocycles. The zero-order valence-corrected chi connectivity index (χ0v) is 19.2. The monoisotopic (exact) mass is 460 g/mol. The summed E-state index contributed by atoms with van der Waals surface area (Å²) in [7, 11) is 0. The highest BCUT2D eigenvalue weighted by Crippen LogP contribution is 2.46. The van der Waals surface area contributed by atoms with Crippen molar-refractivity contribution in [3.05, 3.63) is 77.9 Å². The molecule has 0 aliphatic heterocycles. The summed E-state index contributed by atoms with van der Waals surface area (Å²) >= 11 is 0. The molecule has 2 N–H and O–H groups in total. The minimum atomic E-state index is -0.326. The van der Waals surface area contributed by atoms with Gasteiger partial charge in [-0.25, -0.2) is 14.2 Å². The molecule has 0 saturated heterocycles. The van der Waals surface area contributed by atoms with Gasteiger partial charge in [0.1, 0.15) is 5.82 Å². The molecule has 176 valence electrons. The third-order valence-electron chi connectivity index (χ3n) is 7.05. The van der Waals surface area contributed by atoms with Crippen LogP contribution in [0, 0.1) is 17.7 Å². The largest absolute Gasteiger partial charge is 0.450 e. The molecule has 3 aromatic rings. The van der Waals surface area contributed by atoms with Crippen LogP contribution in [0.5, 0.6) is 0 Å². The Balaban J connectivity index is 1.32. The molecule has 7 heteroatoms. The molecule has 0 radical (unpaired) electrons. The Morgan fingerprint density at radius 3 is 2.94 bits per heavy atom. The number of benzene rings is 1. The highest BCUT2D eigenvalue weighted by Gasteiger charge is 2.41. The Hall–Kier alpha value is -3.48. The smallest absolute Gasteiger partial charge is 0.407 e. The van der Waals surface area contributed by atoms with Crippen molar-refractivity contribution in [1.29, 1.82) is 0 Å². The number of carbonyl (C=O) groups is 1. The van der Waals surface area contributed by atoms with E-state index in [0.29, 0.717) is 18.4 Å². The lowest BCUT2D eigenvalue weighted by atomic mass is 9.64. The highest BCUT2D eigenvalue weighted by atomic mass is 19.1. The van der Waals surface area contributed by atoms with Gasteiger partial charge in [0.15, 0.2) is 0 Å². The molecular formula is C27H29FN4O2. The maximum atomic E-state index is 13.5. The summed E-state index contributed by atoms with van der Waals surface area (Å²) in [5.74, 6) is 0.883. The van der Waals surface area contributed by atoms with Gasteiger partial charge in [-0.3, -0.25) is 4.98 Å². The van der Waals surface area contributed by atoms with E-state index in [0.717, 1.165) is 48.2 Å². The van der Waals surface area contributed by atoms with Crippen molar-refractivity contribution >= 4 is 12.2 Å². The van der Waals surface area contributed by atoms with Crippen LogP contribution in [0.15, 0.2) is 55.0 Å². The van der Waals surface area contributed by atoms with E-state index in [-0.39, 0.29) is 23.9 Å². The van der Waals surface area contributed by atoms with Crippen LogP contribution < -0.4 is 5.32 Å². The van der Waals surface area contributed by atoms with Crippen molar-refractivity contribution in [2.24, 2.45) is 11.8 Å². The molecule has 1 amide bonds. The van der Waals surface area contributed by atoms with Crippen LogP contribution in [0.4, 0.5) is 9.18 Å². The molecule has 1 fully saturated rings. The first-order valence-electron chi connectivity index (χ1n) is 12.0. The number of hydrogen-bond acceptors (Lipinski definition) is 4. The van der Waals surface area contributed by atoms with Gasteiger partial charge in [-0.05, 0) is 74.3 Å². The number of aromatic nitrogens is 3. The minimum Gasteiger partial charge on any atom is -0.450 e. The van der Waals surface area contributed by atoms with Gasteiger partial charge in [0, 0.05) is 29.4 Å². The summed E-state index contributed by atoms with van der Waals surface area (Å²) in [4.78, 5) is 24.4. The number of aromatic amines is 1. The zero-order valence-electron chi connectivity index (χ0n) is 19.2. The van der Waals surface area contributed by atoms with Crippen molar-refractivity contribution in [2.45, 2.75) is 44.6 Å². The topological polar surface area (TPSA) is 79.9 Å². The summed E-state index contributed by atoms with van der Waals surface area (Å²) in [6.07, 6.45) is 11.4. The summed E-state index contributed by atoms with van der Waals surface area (Å²) in [6.45, 7) is 2.20. The number of nitrogens with one attached hydrogen (secondary N) is 2. The lowest BCUT2D eigenvalue weighted by Gasteiger charge is -2.42. The molecule has 1 aromatic carbocycles. The third-order valence-corrected chi connectivity index (χ3v) is 7.05. The molecule has 34 heavy (non-hydrogen) atoms. The first-order chi connectivity index (χ1) is 16.6. The Bertz CT molecular complexity index is 1170. The molecule has 1 saturated carbocycles. The number of alkyl carbamates (subject to hydrolysis) is 1. The maximum Gasteiger partial charge on any atom is 0.407 e. The van der Waals surface area contributed by atoms with E-state index in [4.69, 9.17) is 4.74 Å². The SMILES string of the molecule is CCOC(=O)N[C@@H]1CC[C@@H]2[C@H](Cc3[nH]cnc3[C@H]2C=Cc2ccc(-c3cccc(F)c3)cn2)C1. The number of allylic oxidation sites excluding steroid dienone is 1. The van der Waals surface area contributed by atoms with Crippen molar-refractivity contribution < 1.29 is 13.9 Å². The number of hydrogen-bond donors (Lipinski definition) is 2. The second kappa shape index (κ2) is 9.79. The van der Waals surface area contributed by atoms with Gasteiger partial charge in [0.25, 0.3) is 0 Å². The quantitative estimate of drug-likeness (QED) is 0.527. The van der Waals surface area contributed by atoms with Gasteiger partial charge in [-0.2, -0.15) is 0 Å². The summed E-state index contributed by atoms with van der Waals surface area (Å²) in [6, 6.07) is 10.6. The first kappa shape index (κ1) is 22.3. The van der Waals surface area contributed by atoms with Gasteiger partial charge in [0.2, 0.25) is 0 Å². The van der Waals surface area contributed by atoms with Crippen LogP contribution in [0.2, 0.25) is 0 Å². The number of halogens is 1. The highest BCUT2D eigenvalue weighted by molar-refractivity contribution is 5.67. The van der Waals surface area contributed by atoms with Gasteiger partial charge >= 0.3 is 6.09 Å². The number of fused-ring (bicyclic) bond motifs is 2. The second-order valence-electron chi connectivity index (χ2n) is 9.14. The maximum absolute atomic E-state index is 13.5. The summed E-state index contributed by atoms with van der Waals surface area (Å²) < 4.78 is 18.6. The van der Waals surface area contributed by atoms with Crippen molar-refractivity contribution in [3.63, 3.8) is 0 Å². The number of nitrogens with zero attached hydrogens (tertiary/aromatic N) is 2. The van der Waals surface area contributed by atoms with Gasteiger partial charge < -0.3 is 15.0 Å². The van der Waals surface area contributed by atoms with Gasteiger partial charge in [-0.15, -0.1) is 0 Å². The fourth-order valence-corrected chi connectivity index (χ4v) is 5.49. The van der Waals surface area contributed by atoms with Crippen molar-refractivity contribution in [3.8, 4) is 11.1 Å². The molecule has 2 aliphatic rings. The van der Waals surface area contributed by atoms with E-state index in [1.807, 2.05) is 25.1 Å². The Morgan fingerprint density at radius 1 is 1.24 bits per heavy atom. The van der Waals surface area contributed by atoms with Crippen LogP contribution in [0.3, 0.4) is 0 Å². The molecule has 0 spiro atoms. The average molecular weight is 461 g/mol. The molecule has 0 bridgehead atoms. The van der Waals surface area contributed by atoms with Gasteiger partial charge in [0.05, 0.1) is 24.3 Å². The Morgan fingerprint density at radius 2 is 2.15 bits per heavy atom. The zero-order chi connectivity index (χ0) is 23.5. The van der Waals surface area contributed by atoms with Crippen molar-refractivity contribution in [1.82, 2.24) is 20.3 Å². The second-order valence-corrected chi connectivity index (χ2v) is 9.14. The van der Waals surface area contributed by atoms with E-state index in [9.17, 15) is 9.18 Å². The van der Waals surface area contributed by atoms with E-state index in [1.165, 1.54) is 17.8 Å². The predicted octanol–water partition coefficient (Wildman–Crippen LogP) is 5.49. The van der Waals surface area contributed by atoms with E-state index < -0.39 is 0 Å². The van der Waals surface area contributed by atoms with Crippen LogP contribution in [0.25, 0.3) is 17.2 Å². The molecule has 5 rings (SSSR count). The van der Waals surface area contributed by atoms with Crippen LogP contribution >= 0.6 is 0 Å². The lowest BCUT2D eigenvalue weighted by molar-refractivity contribution is 0.128. The van der Waals surface area contributed by atoms with Crippen molar-refractivity contribution in [2.75, 3.05) is 6.61 Å². The molecule has 6 nitrogen and oxygen atoms in total. The number of ether oxygens (including phenoxy) is 1. The average Bonchev–Trinajstić information content (AvgIpc) is 3.30. The van der Waals surface area contributed by atoms with Crippen LogP contribution in [0.1, 0.15) is 49.2 Å². The van der Waals surface area contributed by atoms with Crippen LogP contribution in [-0.4, -0.2) is 33.7 Å². The van der Waals surface area contributed by atoms with Gasteiger partial charge in [-0.1, -0.05) is 24.3 Å². The summed E-state index contributed by atoms with van der Waals surface area (Å²) in [5.41, 5.74) is 4.86. The standard InChI is InChI=1S/C27H29FN4O2/c1-2-34-27(33)32-22-9-10-23-19(13-22)14-25-26(31-16-30-25)24(23)11-8-21-7-6-18(15-29-21)17-4-3-5-20(28)12-17/h3-8,11-12,15-16,19,22-24H,2,9-10,13-14H2,1H3,(H,30,31)(H,32,33)/t19-,22+,23+,24-/m0/s1. The number of pyridine rings is 1. The number of rotatable bonds is 5. The fraction of sp³-hybridized carbons (Fsp3) is 0.370. The molecular weight excluding hydrogens is 431 g/mol. The van der Waals surface area contributed by atoms with Crippen LogP contribution in [-0.2, 0) is 11.2 Å². The Labute approximate surface area is 198 Å². The number of carbonyl (C=O) groups excluding carboxylic acids is 1. The normalized spacial score (nSPS) is 23.8. The molecule has 0 unspecified atom stereocenters. The summed E-state index contributed by atoms with van der Waals surface area (Å²) in [5, 5.41) is 3.03. The molecule has 2 heterocycles. The van der Waals surface area contributed by atoms with E-state index in [1.54, 1.807) is 18.6 Å². The predicted molar refractivity (Wildman–Crippen MR) is 128 cm³/mol. The fourth-order valence-electron chi connectivity index (χ4n) is 5.49. The molecule has 4 atom stereocenters. The Kier molecular flexibility index (Phi) is 6.43. The third kappa shape index (κ3) is 4.74. The minimum absolute atomic E-state index is 0.145. The molecule has 2 aliphatic carbocycles. The number of H-pyrrole nitrogens is 1. The van der Waals surface area contributed by atoms with E-state index >= 15 is 0 Å². The number of amides is 1. The number of imidazole rings is 1. The lowest BCUT2D eigenvalue weighted by Crippen LogP contribution is -2.44. The first-order valence-corrected chi connectivity index (χ1v) is 12.0.